The van der Waals surface area contributed by atoms with Crippen molar-refractivity contribution < 1.29 is 0 Å². The van der Waals surface area contributed by atoms with Crippen LogP contribution < -0.4 is 0 Å². The SMILES string of the molecule is Cc1cccc(C)c1-n1c(C)c(C)c2c3ccccc3n(C)c21. The minimum atomic E-state index is 1.29. The Morgan fingerprint density at radius 2 is 1.43 bits per heavy atom. The summed E-state index contributed by atoms with van der Waals surface area (Å²) < 4.78 is 4.77. The molecule has 2 heterocycles. The molecule has 0 saturated heterocycles. The van der Waals surface area contributed by atoms with Gasteiger partial charge in [0.1, 0.15) is 5.65 Å². The summed E-state index contributed by atoms with van der Waals surface area (Å²) in [5.74, 6) is 0. The van der Waals surface area contributed by atoms with Crippen molar-refractivity contribution in [1.29, 1.82) is 0 Å². The normalized spacial score (nSPS) is 11.7. The average Bonchev–Trinajstić information content (AvgIpc) is 2.96. The summed E-state index contributed by atoms with van der Waals surface area (Å²) in [4.78, 5) is 0. The van der Waals surface area contributed by atoms with Crippen LogP contribution in [-0.2, 0) is 7.05 Å². The van der Waals surface area contributed by atoms with Gasteiger partial charge in [-0.15, -0.1) is 0 Å². The second-order valence-corrected chi connectivity index (χ2v) is 6.56. The van der Waals surface area contributed by atoms with E-state index in [2.05, 4.69) is 86.3 Å². The molecular formula is C21H22N2. The minimum Gasteiger partial charge on any atom is -0.329 e. The molecule has 0 saturated carbocycles. The highest BCUT2D eigenvalue weighted by atomic mass is 15.1. The maximum Gasteiger partial charge on any atom is 0.126 e. The number of nitrogens with zero attached hydrogens (tertiary/aromatic N) is 2. The van der Waals surface area contributed by atoms with Crippen LogP contribution in [-0.4, -0.2) is 9.13 Å². The topological polar surface area (TPSA) is 9.86 Å². The highest BCUT2D eigenvalue weighted by Gasteiger charge is 2.21. The first-order valence-electron chi connectivity index (χ1n) is 8.14. The lowest BCUT2D eigenvalue weighted by Gasteiger charge is -2.15. The Morgan fingerprint density at radius 3 is 2.13 bits per heavy atom. The molecule has 2 aromatic heterocycles. The number of aromatic nitrogens is 2. The van der Waals surface area contributed by atoms with Gasteiger partial charge < -0.3 is 4.57 Å². The van der Waals surface area contributed by atoms with Crippen LogP contribution >= 0.6 is 0 Å². The zero-order valence-electron chi connectivity index (χ0n) is 14.4. The van der Waals surface area contributed by atoms with Crippen LogP contribution in [0.5, 0.6) is 0 Å². The van der Waals surface area contributed by atoms with Gasteiger partial charge in [0.05, 0.1) is 11.2 Å². The Balaban J connectivity index is 2.27. The number of rotatable bonds is 1. The number of fused-ring (bicyclic) bond motifs is 3. The van der Waals surface area contributed by atoms with Crippen LogP contribution in [0, 0.1) is 27.7 Å². The summed E-state index contributed by atoms with van der Waals surface area (Å²) >= 11 is 0. The van der Waals surface area contributed by atoms with Crippen LogP contribution in [0.1, 0.15) is 22.4 Å². The molecule has 0 bridgehead atoms. The molecule has 0 aliphatic heterocycles. The molecular weight excluding hydrogens is 280 g/mol. The second kappa shape index (κ2) is 4.76. The molecule has 2 aromatic carbocycles. The molecule has 0 radical (unpaired) electrons. The van der Waals surface area contributed by atoms with Crippen LogP contribution in [0.15, 0.2) is 42.5 Å². The van der Waals surface area contributed by atoms with Crippen molar-refractivity contribution in [1.82, 2.24) is 9.13 Å². The van der Waals surface area contributed by atoms with Crippen molar-refractivity contribution in [3.63, 3.8) is 0 Å². The molecule has 116 valence electrons. The van der Waals surface area contributed by atoms with Gasteiger partial charge in [-0.25, -0.2) is 0 Å². The van der Waals surface area contributed by atoms with E-state index in [1.54, 1.807) is 0 Å². The van der Waals surface area contributed by atoms with Crippen molar-refractivity contribution >= 4 is 21.9 Å². The van der Waals surface area contributed by atoms with E-state index in [-0.39, 0.29) is 0 Å². The van der Waals surface area contributed by atoms with E-state index in [4.69, 9.17) is 0 Å². The highest BCUT2D eigenvalue weighted by molar-refractivity contribution is 6.10. The van der Waals surface area contributed by atoms with Crippen LogP contribution in [0.2, 0.25) is 0 Å². The Bertz CT molecular complexity index is 1040. The highest BCUT2D eigenvalue weighted by Crippen LogP contribution is 2.37. The smallest absolute Gasteiger partial charge is 0.126 e. The van der Waals surface area contributed by atoms with Gasteiger partial charge in [-0.2, -0.15) is 0 Å². The Morgan fingerprint density at radius 1 is 0.783 bits per heavy atom. The standard InChI is InChI=1S/C21H22N2/c1-13-9-8-10-14(2)20(13)23-16(4)15(3)19-17-11-6-7-12-18(17)22(5)21(19)23/h6-12H,1-5H3. The third kappa shape index (κ3) is 1.75. The van der Waals surface area contributed by atoms with Crippen molar-refractivity contribution in [2.24, 2.45) is 7.05 Å². The van der Waals surface area contributed by atoms with Gasteiger partial charge in [0.15, 0.2) is 0 Å². The molecule has 2 nitrogen and oxygen atoms in total. The molecule has 2 heteroatoms. The van der Waals surface area contributed by atoms with Crippen LogP contribution in [0.4, 0.5) is 0 Å². The Labute approximate surface area is 137 Å². The van der Waals surface area contributed by atoms with Gasteiger partial charge in [-0.05, 0) is 50.5 Å². The fourth-order valence-electron chi connectivity index (χ4n) is 3.95. The first-order chi connectivity index (χ1) is 11.0. The summed E-state index contributed by atoms with van der Waals surface area (Å²) in [7, 11) is 2.17. The average molecular weight is 302 g/mol. The van der Waals surface area contributed by atoms with Gasteiger partial charge in [-0.3, -0.25) is 4.57 Å². The van der Waals surface area contributed by atoms with E-state index in [1.807, 2.05) is 0 Å². The third-order valence-corrected chi connectivity index (χ3v) is 5.20. The number of benzene rings is 2. The van der Waals surface area contributed by atoms with Gasteiger partial charge >= 0.3 is 0 Å². The molecule has 0 spiro atoms. The van der Waals surface area contributed by atoms with E-state index in [0.717, 1.165) is 0 Å². The first kappa shape index (κ1) is 14.1. The van der Waals surface area contributed by atoms with Crippen molar-refractivity contribution in [2.75, 3.05) is 0 Å². The number of aryl methyl sites for hydroxylation is 4. The lowest BCUT2D eigenvalue weighted by Crippen LogP contribution is -2.05. The van der Waals surface area contributed by atoms with Crippen molar-refractivity contribution in [2.45, 2.75) is 27.7 Å². The monoisotopic (exact) mass is 302 g/mol. The summed E-state index contributed by atoms with van der Waals surface area (Å²) in [5, 5.41) is 2.72. The van der Waals surface area contributed by atoms with Crippen LogP contribution in [0.25, 0.3) is 27.6 Å². The summed E-state index contributed by atoms with van der Waals surface area (Å²) in [6.45, 7) is 8.88. The minimum absolute atomic E-state index is 1.29. The van der Waals surface area contributed by atoms with Gasteiger partial charge in [0.2, 0.25) is 0 Å². The second-order valence-electron chi connectivity index (χ2n) is 6.56. The fourth-order valence-corrected chi connectivity index (χ4v) is 3.95. The molecule has 23 heavy (non-hydrogen) atoms. The predicted molar refractivity (Wildman–Crippen MR) is 98.7 cm³/mol. The molecule has 0 N–H and O–H groups in total. The van der Waals surface area contributed by atoms with Crippen molar-refractivity contribution in [3.05, 3.63) is 64.8 Å². The Kier molecular flexibility index (Phi) is 2.92. The lowest BCUT2D eigenvalue weighted by atomic mass is 10.1. The zero-order valence-corrected chi connectivity index (χ0v) is 14.4. The van der Waals surface area contributed by atoms with E-state index in [9.17, 15) is 0 Å². The van der Waals surface area contributed by atoms with E-state index in [0.29, 0.717) is 0 Å². The number of para-hydroxylation sites is 2. The first-order valence-corrected chi connectivity index (χ1v) is 8.14. The quantitative estimate of drug-likeness (QED) is 0.448. The molecule has 0 atom stereocenters. The largest absolute Gasteiger partial charge is 0.329 e. The van der Waals surface area contributed by atoms with Gasteiger partial charge in [0.25, 0.3) is 0 Å². The molecule has 4 rings (SSSR count). The number of hydrogen-bond acceptors (Lipinski definition) is 0. The molecule has 0 aliphatic rings. The molecule has 4 aromatic rings. The van der Waals surface area contributed by atoms with Crippen LogP contribution in [0.3, 0.4) is 0 Å². The maximum atomic E-state index is 2.44. The maximum absolute atomic E-state index is 2.44. The lowest BCUT2D eigenvalue weighted by molar-refractivity contribution is 0.919. The third-order valence-electron chi connectivity index (χ3n) is 5.20. The predicted octanol–water partition coefficient (Wildman–Crippen LogP) is 5.36. The zero-order chi connectivity index (χ0) is 16.3. The Hall–Kier alpha value is -2.48. The van der Waals surface area contributed by atoms with Crippen molar-refractivity contribution in [3.8, 4) is 5.69 Å². The molecule has 0 aliphatic carbocycles. The molecule has 0 unspecified atom stereocenters. The summed E-state index contributed by atoms with van der Waals surface area (Å²) in [6.07, 6.45) is 0. The van der Waals surface area contributed by atoms with Gasteiger partial charge in [0, 0.05) is 23.5 Å². The van der Waals surface area contributed by atoms with E-state index in [1.165, 1.54) is 50.0 Å². The van der Waals surface area contributed by atoms with E-state index < -0.39 is 0 Å². The summed E-state index contributed by atoms with van der Waals surface area (Å²) in [5.41, 5.74) is 9.23. The van der Waals surface area contributed by atoms with Gasteiger partial charge in [-0.1, -0.05) is 36.4 Å². The summed E-state index contributed by atoms with van der Waals surface area (Å²) in [6, 6.07) is 15.2. The number of hydrogen-bond donors (Lipinski definition) is 0. The van der Waals surface area contributed by atoms with E-state index >= 15 is 0 Å². The fraction of sp³-hybridized carbons (Fsp3) is 0.238. The molecule has 0 fully saturated rings. The molecule has 0 amide bonds.